The first kappa shape index (κ1) is 23.2. The maximum Gasteiger partial charge on any atom is 0.435 e. The average molecular weight is 384 g/mol. The van der Waals surface area contributed by atoms with E-state index in [4.69, 9.17) is 5.11 Å². The largest absolute Gasteiger partial charge is 0.435 e. The van der Waals surface area contributed by atoms with Crippen LogP contribution in [0, 0.1) is 0 Å². The maximum absolute atomic E-state index is 13.9. The molecular weight excluding hydrogens is 369 g/mol. The van der Waals surface area contributed by atoms with Gasteiger partial charge in [0.05, 0.1) is 6.10 Å². The van der Waals surface area contributed by atoms with Gasteiger partial charge < -0.3 is 5.11 Å². The minimum atomic E-state index is -7.22. The van der Waals surface area contributed by atoms with Crippen molar-refractivity contribution < 1.29 is 53.4 Å². The monoisotopic (exact) mass is 384 g/mol. The van der Waals surface area contributed by atoms with Crippen LogP contribution in [0.1, 0.15) is 33.1 Å². The van der Waals surface area contributed by atoms with Gasteiger partial charge in [0.25, 0.3) is 0 Å². The van der Waals surface area contributed by atoms with Crippen molar-refractivity contribution in [3.8, 4) is 0 Å². The van der Waals surface area contributed by atoms with Crippen LogP contribution < -0.4 is 0 Å². The summed E-state index contributed by atoms with van der Waals surface area (Å²) in [7, 11) is 0. The highest BCUT2D eigenvalue weighted by molar-refractivity contribution is 5.15. The maximum atomic E-state index is 13.9. The van der Waals surface area contributed by atoms with Crippen LogP contribution in [0.25, 0.3) is 0 Å². The lowest BCUT2D eigenvalue weighted by atomic mass is 9.81. The predicted octanol–water partition coefficient (Wildman–Crippen LogP) is 5.07. The molecule has 0 aromatic rings. The highest BCUT2D eigenvalue weighted by atomic mass is 19.4. The lowest BCUT2D eigenvalue weighted by molar-refractivity contribution is -0.411. The third-order valence-corrected chi connectivity index (χ3v) is 3.23. The molecule has 0 heterocycles. The zero-order valence-corrected chi connectivity index (χ0v) is 12.4. The highest BCUT2D eigenvalue weighted by Gasteiger charge is 2.89. The first-order valence-corrected chi connectivity index (χ1v) is 6.61. The summed E-state index contributed by atoms with van der Waals surface area (Å²) in [4.78, 5) is 0. The molecule has 0 aliphatic heterocycles. The predicted molar refractivity (Wildman–Crippen MR) is 60.8 cm³/mol. The van der Waals surface area contributed by atoms with Crippen molar-refractivity contribution in [2.75, 3.05) is 0 Å². The summed E-state index contributed by atoms with van der Waals surface area (Å²) in [5, 5.41) is 8.64. The van der Waals surface area contributed by atoms with Crippen LogP contribution in [0.3, 0.4) is 0 Å². The summed E-state index contributed by atoms with van der Waals surface area (Å²) in [6.07, 6.45) is -18.2. The Hall–Kier alpha value is -0.810. The minimum absolute atomic E-state index is 0.449. The normalized spacial score (nSPS) is 19.8. The Kier molecular flexibility index (Phi) is 6.60. The smallest absolute Gasteiger partial charge is 0.393 e. The van der Waals surface area contributed by atoms with Crippen LogP contribution in [0.15, 0.2) is 0 Å². The van der Waals surface area contributed by atoms with E-state index in [0.29, 0.717) is 6.92 Å². The van der Waals surface area contributed by atoms with Crippen molar-refractivity contribution >= 4 is 0 Å². The van der Waals surface area contributed by atoms with E-state index < -0.39 is 61.2 Å². The molecule has 3 unspecified atom stereocenters. The van der Waals surface area contributed by atoms with Crippen molar-refractivity contribution in [1.29, 1.82) is 0 Å². The van der Waals surface area contributed by atoms with Crippen LogP contribution in [0.4, 0.5) is 48.3 Å². The van der Waals surface area contributed by atoms with E-state index in [1.807, 2.05) is 0 Å². The van der Waals surface area contributed by atoms with E-state index in [-0.39, 0.29) is 0 Å². The fourth-order valence-corrected chi connectivity index (χ4v) is 1.98. The third-order valence-electron chi connectivity index (χ3n) is 3.23. The van der Waals surface area contributed by atoms with Crippen LogP contribution in [0.5, 0.6) is 0 Å². The Morgan fingerprint density at radius 1 is 0.875 bits per heavy atom. The van der Waals surface area contributed by atoms with Crippen LogP contribution >= 0.6 is 0 Å². The summed E-state index contributed by atoms with van der Waals surface area (Å²) < 4.78 is 146. The molecule has 146 valence electrons. The molecule has 0 bridgehead atoms. The van der Waals surface area contributed by atoms with Gasteiger partial charge in [-0.1, -0.05) is 13.3 Å². The molecular formula is C12H15F11O. The Morgan fingerprint density at radius 2 is 1.29 bits per heavy atom. The van der Waals surface area contributed by atoms with Gasteiger partial charge >= 0.3 is 29.6 Å². The molecule has 12 heteroatoms. The van der Waals surface area contributed by atoms with Crippen LogP contribution in [0.2, 0.25) is 0 Å². The Labute approximate surface area is 129 Å². The molecule has 0 aliphatic carbocycles. The van der Waals surface area contributed by atoms with E-state index in [1.165, 1.54) is 0 Å². The molecule has 0 saturated carbocycles. The van der Waals surface area contributed by atoms with Crippen molar-refractivity contribution in [2.24, 2.45) is 0 Å². The highest BCUT2D eigenvalue weighted by Crippen LogP contribution is 2.60. The summed E-state index contributed by atoms with van der Waals surface area (Å²) in [5.74, 6) is -19.6. The zero-order chi connectivity index (χ0) is 19.8. The van der Waals surface area contributed by atoms with Gasteiger partial charge in [-0.05, 0) is 13.3 Å². The Balaban J connectivity index is 6.39. The molecule has 0 radical (unpaired) electrons. The van der Waals surface area contributed by atoms with Crippen LogP contribution in [-0.4, -0.2) is 47.0 Å². The average Bonchev–Trinajstić information content (AvgIpc) is 2.34. The first-order valence-electron chi connectivity index (χ1n) is 6.61. The number of aliphatic hydroxyl groups excluding tert-OH is 1. The molecule has 24 heavy (non-hydrogen) atoms. The summed E-state index contributed by atoms with van der Waals surface area (Å²) >= 11 is 0. The third kappa shape index (κ3) is 3.57. The summed E-state index contributed by atoms with van der Waals surface area (Å²) in [5.41, 5.74) is -7.18. The summed E-state index contributed by atoms with van der Waals surface area (Å²) in [6, 6.07) is 0. The molecule has 0 saturated heterocycles. The van der Waals surface area contributed by atoms with Gasteiger partial charge in [-0.15, -0.1) is 0 Å². The molecule has 0 rings (SSSR count). The van der Waals surface area contributed by atoms with Gasteiger partial charge in [0.1, 0.15) is 0 Å². The SMILES string of the molecule is CCCC(F)C(F)(F)C(F)(C(F)(F)F)C(F)(F)C(F)(F)CC(C)O. The lowest BCUT2D eigenvalue weighted by Gasteiger charge is -2.43. The van der Waals surface area contributed by atoms with Crippen LogP contribution in [-0.2, 0) is 0 Å². The number of alkyl halides is 11. The number of halogens is 11. The number of hydrogen-bond acceptors (Lipinski definition) is 1. The fraction of sp³-hybridized carbons (Fsp3) is 1.00. The van der Waals surface area contributed by atoms with Gasteiger partial charge in [0, 0.05) is 6.42 Å². The first-order chi connectivity index (χ1) is 10.4. The van der Waals surface area contributed by atoms with Gasteiger partial charge in [-0.25, -0.2) is 8.78 Å². The molecule has 0 fully saturated rings. The Morgan fingerprint density at radius 3 is 1.58 bits per heavy atom. The molecule has 0 aromatic carbocycles. The standard InChI is InChI=1S/C12H15F11O/c1-3-4-7(13)9(16,17)10(18,12(21,22)23)11(19,20)8(14,15)5-6(2)24/h6-7,24H,3-5H2,1-2H3. The lowest BCUT2D eigenvalue weighted by Crippen LogP contribution is -2.73. The molecule has 3 atom stereocenters. The molecule has 0 amide bonds. The van der Waals surface area contributed by atoms with Crippen molar-refractivity contribution in [2.45, 2.75) is 75.0 Å². The molecule has 0 spiro atoms. The molecule has 1 nitrogen and oxygen atoms in total. The van der Waals surface area contributed by atoms with Gasteiger partial charge in [-0.2, -0.15) is 39.5 Å². The van der Waals surface area contributed by atoms with Gasteiger partial charge in [0.2, 0.25) is 0 Å². The number of rotatable bonds is 8. The number of hydrogen-bond donors (Lipinski definition) is 1. The molecule has 0 aliphatic rings. The van der Waals surface area contributed by atoms with Gasteiger partial charge in [-0.3, -0.25) is 0 Å². The second-order valence-electron chi connectivity index (χ2n) is 5.37. The second-order valence-corrected chi connectivity index (χ2v) is 5.37. The zero-order valence-electron chi connectivity index (χ0n) is 12.4. The molecule has 1 N–H and O–H groups in total. The topological polar surface area (TPSA) is 20.2 Å². The van der Waals surface area contributed by atoms with E-state index in [1.54, 1.807) is 0 Å². The van der Waals surface area contributed by atoms with E-state index in [2.05, 4.69) is 0 Å². The minimum Gasteiger partial charge on any atom is -0.393 e. The second kappa shape index (κ2) is 6.83. The quantitative estimate of drug-likeness (QED) is 0.580. The Bertz CT molecular complexity index is 418. The van der Waals surface area contributed by atoms with E-state index in [9.17, 15) is 48.3 Å². The van der Waals surface area contributed by atoms with E-state index in [0.717, 1.165) is 6.92 Å². The number of aliphatic hydroxyl groups is 1. The molecule has 0 aromatic heterocycles. The van der Waals surface area contributed by atoms with Crippen molar-refractivity contribution in [3.63, 3.8) is 0 Å². The van der Waals surface area contributed by atoms with Crippen molar-refractivity contribution in [3.05, 3.63) is 0 Å². The fourth-order valence-electron chi connectivity index (χ4n) is 1.98. The van der Waals surface area contributed by atoms with Crippen molar-refractivity contribution in [1.82, 2.24) is 0 Å². The van der Waals surface area contributed by atoms with E-state index >= 15 is 0 Å². The summed E-state index contributed by atoms with van der Waals surface area (Å²) in [6.45, 7) is 1.43. The van der Waals surface area contributed by atoms with Gasteiger partial charge in [0.15, 0.2) is 6.17 Å².